The number of nitrogens with zero attached hydrogens (tertiary/aromatic N) is 1. The van der Waals surface area contributed by atoms with Crippen molar-refractivity contribution in [3.8, 4) is 0 Å². The Morgan fingerprint density at radius 3 is 2.55 bits per heavy atom. The van der Waals surface area contributed by atoms with E-state index in [1.54, 1.807) is 24.3 Å². The first-order chi connectivity index (χ1) is 9.45. The molecule has 1 unspecified atom stereocenters. The quantitative estimate of drug-likeness (QED) is 0.874. The van der Waals surface area contributed by atoms with Gasteiger partial charge >= 0.3 is 5.97 Å². The highest BCUT2D eigenvalue weighted by Crippen LogP contribution is 2.18. The number of rotatable bonds is 4. The molecule has 2 rings (SSSR count). The minimum absolute atomic E-state index is 0.0520. The van der Waals surface area contributed by atoms with Gasteiger partial charge in [-0.05, 0) is 24.3 Å². The van der Waals surface area contributed by atoms with E-state index in [0.29, 0.717) is 10.7 Å². The lowest BCUT2D eigenvalue weighted by Crippen LogP contribution is -2.34. The van der Waals surface area contributed by atoms with E-state index in [0.717, 1.165) is 0 Å². The molecule has 2 N–H and O–H groups in total. The van der Waals surface area contributed by atoms with Gasteiger partial charge in [0.2, 0.25) is 11.8 Å². The number of carboxylic acids is 1. The van der Waals surface area contributed by atoms with Crippen molar-refractivity contribution in [3.05, 3.63) is 29.3 Å². The summed E-state index contributed by atoms with van der Waals surface area (Å²) in [5, 5.41) is 12.0. The second-order valence-electron chi connectivity index (χ2n) is 4.57. The summed E-state index contributed by atoms with van der Waals surface area (Å²) in [7, 11) is 0. The van der Waals surface area contributed by atoms with Crippen LogP contribution >= 0.6 is 11.6 Å². The highest BCUT2D eigenvalue weighted by atomic mass is 35.5. The van der Waals surface area contributed by atoms with Crippen LogP contribution < -0.4 is 5.32 Å². The Hall–Kier alpha value is -2.08. The lowest BCUT2D eigenvalue weighted by molar-refractivity contribution is -0.141. The number of nitrogens with one attached hydrogen (secondary N) is 1. The minimum atomic E-state index is -1.01. The third kappa shape index (κ3) is 3.48. The second-order valence-corrected chi connectivity index (χ2v) is 5.01. The molecule has 1 heterocycles. The van der Waals surface area contributed by atoms with Gasteiger partial charge in [-0.25, -0.2) is 0 Å². The van der Waals surface area contributed by atoms with Crippen LogP contribution in [0.3, 0.4) is 0 Å². The van der Waals surface area contributed by atoms with Crippen LogP contribution in [0.5, 0.6) is 0 Å². The second kappa shape index (κ2) is 5.92. The van der Waals surface area contributed by atoms with Crippen molar-refractivity contribution in [2.75, 3.05) is 18.4 Å². The number of hydrogen-bond donors (Lipinski definition) is 2. The van der Waals surface area contributed by atoms with E-state index in [9.17, 15) is 14.4 Å². The van der Waals surface area contributed by atoms with Gasteiger partial charge in [0.15, 0.2) is 0 Å². The van der Waals surface area contributed by atoms with E-state index < -0.39 is 11.9 Å². The largest absolute Gasteiger partial charge is 0.481 e. The smallest absolute Gasteiger partial charge is 0.308 e. The molecule has 20 heavy (non-hydrogen) atoms. The number of carbonyl (C=O) groups excluding carboxylic acids is 2. The zero-order chi connectivity index (χ0) is 14.7. The lowest BCUT2D eigenvalue weighted by atomic mass is 10.1. The number of carboxylic acid groups (broad SMARTS) is 1. The van der Waals surface area contributed by atoms with Crippen LogP contribution in [0.4, 0.5) is 5.69 Å². The Labute approximate surface area is 120 Å². The summed E-state index contributed by atoms with van der Waals surface area (Å²) >= 11 is 5.73. The van der Waals surface area contributed by atoms with Gasteiger partial charge in [0.25, 0.3) is 0 Å². The average Bonchev–Trinajstić information content (AvgIpc) is 2.74. The molecule has 0 bridgehead atoms. The predicted octanol–water partition coefficient (Wildman–Crippen LogP) is 1.21. The molecule has 1 atom stereocenters. The molecule has 1 aliphatic rings. The summed E-state index contributed by atoms with van der Waals surface area (Å²) in [5.41, 5.74) is 0.570. The van der Waals surface area contributed by atoms with E-state index in [1.807, 2.05) is 0 Å². The van der Waals surface area contributed by atoms with Crippen molar-refractivity contribution in [1.82, 2.24) is 4.90 Å². The van der Waals surface area contributed by atoms with Gasteiger partial charge in [0.1, 0.15) is 0 Å². The Morgan fingerprint density at radius 1 is 1.35 bits per heavy atom. The molecule has 0 saturated carbocycles. The van der Waals surface area contributed by atoms with Gasteiger partial charge in [-0.2, -0.15) is 0 Å². The maximum absolute atomic E-state index is 11.8. The summed E-state index contributed by atoms with van der Waals surface area (Å²) in [6.07, 6.45) is -0.0520. The molecular formula is C13H13ClN2O4. The van der Waals surface area contributed by atoms with Gasteiger partial charge < -0.3 is 15.3 Å². The average molecular weight is 297 g/mol. The monoisotopic (exact) mass is 296 g/mol. The first-order valence-corrected chi connectivity index (χ1v) is 6.39. The van der Waals surface area contributed by atoms with Crippen LogP contribution in [-0.2, 0) is 14.4 Å². The zero-order valence-corrected chi connectivity index (χ0v) is 11.3. The molecule has 1 saturated heterocycles. The molecule has 7 heteroatoms. The topological polar surface area (TPSA) is 86.7 Å². The van der Waals surface area contributed by atoms with Gasteiger partial charge in [-0.15, -0.1) is 0 Å². The third-order valence-electron chi connectivity index (χ3n) is 3.03. The van der Waals surface area contributed by atoms with E-state index in [1.165, 1.54) is 4.90 Å². The summed E-state index contributed by atoms with van der Waals surface area (Å²) in [4.78, 5) is 35.4. The van der Waals surface area contributed by atoms with Crippen LogP contribution in [0.2, 0.25) is 5.02 Å². The molecular weight excluding hydrogens is 284 g/mol. The maximum Gasteiger partial charge on any atom is 0.308 e. The zero-order valence-electron chi connectivity index (χ0n) is 10.5. The Kier molecular flexibility index (Phi) is 4.24. The summed E-state index contributed by atoms with van der Waals surface area (Å²) in [5.74, 6) is -2.43. The van der Waals surface area contributed by atoms with E-state index in [-0.39, 0.29) is 31.3 Å². The Balaban J connectivity index is 1.90. The number of aliphatic carboxylic acids is 1. The molecule has 0 spiro atoms. The van der Waals surface area contributed by atoms with Crippen molar-refractivity contribution in [2.45, 2.75) is 6.42 Å². The fourth-order valence-electron chi connectivity index (χ4n) is 2.00. The van der Waals surface area contributed by atoms with Crippen LogP contribution in [0.1, 0.15) is 6.42 Å². The normalized spacial score (nSPS) is 18.1. The van der Waals surface area contributed by atoms with Crippen molar-refractivity contribution in [3.63, 3.8) is 0 Å². The number of carbonyl (C=O) groups is 3. The van der Waals surface area contributed by atoms with Crippen LogP contribution in [-0.4, -0.2) is 40.9 Å². The van der Waals surface area contributed by atoms with Crippen molar-refractivity contribution < 1.29 is 19.5 Å². The fraction of sp³-hybridized carbons (Fsp3) is 0.308. The minimum Gasteiger partial charge on any atom is -0.481 e. The first kappa shape index (κ1) is 14.3. The van der Waals surface area contributed by atoms with Crippen molar-refractivity contribution >= 4 is 35.1 Å². The molecule has 2 amide bonds. The number of amides is 2. The molecule has 1 aromatic rings. The van der Waals surface area contributed by atoms with Crippen LogP contribution in [0.15, 0.2) is 24.3 Å². The third-order valence-corrected chi connectivity index (χ3v) is 3.28. The number of hydrogen-bond acceptors (Lipinski definition) is 3. The molecule has 106 valence electrons. The number of halogens is 1. The molecule has 1 aliphatic heterocycles. The summed E-state index contributed by atoms with van der Waals surface area (Å²) in [6.45, 7) is -0.0759. The van der Waals surface area contributed by atoms with E-state index in [2.05, 4.69) is 5.32 Å². The summed E-state index contributed by atoms with van der Waals surface area (Å²) < 4.78 is 0. The molecule has 1 aromatic carbocycles. The van der Waals surface area contributed by atoms with Gasteiger partial charge in [0.05, 0.1) is 12.5 Å². The SMILES string of the molecule is O=C(CN1CC(C(=O)O)CC1=O)Nc1ccc(Cl)cc1. The first-order valence-electron chi connectivity index (χ1n) is 6.01. The maximum atomic E-state index is 11.8. The fourth-order valence-corrected chi connectivity index (χ4v) is 2.12. The van der Waals surface area contributed by atoms with Gasteiger partial charge in [-0.1, -0.05) is 11.6 Å². The highest BCUT2D eigenvalue weighted by molar-refractivity contribution is 6.30. The number of likely N-dealkylation sites (tertiary alicyclic amines) is 1. The van der Waals surface area contributed by atoms with E-state index in [4.69, 9.17) is 16.7 Å². The number of benzene rings is 1. The lowest BCUT2D eigenvalue weighted by Gasteiger charge is -2.15. The standard InChI is InChI=1S/C13H13ClN2O4/c14-9-1-3-10(4-2-9)15-11(17)7-16-6-8(13(19)20)5-12(16)18/h1-4,8H,5-7H2,(H,15,17)(H,19,20). The number of anilines is 1. The summed E-state index contributed by atoms with van der Waals surface area (Å²) in [6, 6.07) is 6.56. The Bertz CT molecular complexity index is 544. The van der Waals surface area contributed by atoms with Gasteiger partial charge in [-0.3, -0.25) is 14.4 Å². The highest BCUT2D eigenvalue weighted by Gasteiger charge is 2.34. The van der Waals surface area contributed by atoms with E-state index >= 15 is 0 Å². The molecule has 0 aliphatic carbocycles. The Morgan fingerprint density at radius 2 is 2.00 bits per heavy atom. The molecule has 1 fully saturated rings. The van der Waals surface area contributed by atoms with Crippen molar-refractivity contribution in [1.29, 1.82) is 0 Å². The molecule has 0 aromatic heterocycles. The van der Waals surface area contributed by atoms with Crippen molar-refractivity contribution in [2.24, 2.45) is 5.92 Å². The van der Waals surface area contributed by atoms with Crippen LogP contribution in [0, 0.1) is 5.92 Å². The van der Waals surface area contributed by atoms with Gasteiger partial charge in [0, 0.05) is 23.7 Å². The predicted molar refractivity (Wildman–Crippen MR) is 72.4 cm³/mol. The molecule has 6 nitrogen and oxygen atoms in total. The van der Waals surface area contributed by atoms with Crippen LogP contribution in [0.25, 0.3) is 0 Å². The molecule has 0 radical (unpaired) electrons.